The van der Waals surface area contributed by atoms with Crippen LogP contribution in [-0.4, -0.2) is 20.6 Å². The summed E-state index contributed by atoms with van der Waals surface area (Å²) >= 11 is 0. The molecular weight excluding hydrogens is 264 g/mol. The van der Waals surface area contributed by atoms with Gasteiger partial charge in [0.25, 0.3) is 0 Å². The molecule has 1 atom stereocenters. The molecular formula is C17H16N2O2. The standard InChI is InChI=1S/C17H16N2O2/c1-11(12-6-4-3-5-7-12)16-18-14-10-13(17(20)21)8-9-15(14)19(16)2/h3-11H,1-2H3,(H,20,21). The van der Waals surface area contributed by atoms with Crippen molar-refractivity contribution in [3.63, 3.8) is 0 Å². The van der Waals surface area contributed by atoms with Gasteiger partial charge < -0.3 is 9.67 Å². The van der Waals surface area contributed by atoms with Crippen LogP contribution in [0.1, 0.15) is 34.6 Å². The van der Waals surface area contributed by atoms with E-state index in [2.05, 4.69) is 24.0 Å². The number of carboxylic acids is 1. The van der Waals surface area contributed by atoms with Gasteiger partial charge in [0.1, 0.15) is 5.82 Å². The SMILES string of the molecule is CC(c1ccccc1)c1nc2cc(C(=O)O)ccc2n1C. The van der Waals surface area contributed by atoms with E-state index in [9.17, 15) is 4.79 Å². The highest BCUT2D eigenvalue weighted by molar-refractivity contribution is 5.92. The van der Waals surface area contributed by atoms with E-state index in [4.69, 9.17) is 5.11 Å². The molecule has 0 saturated heterocycles. The Balaban J connectivity index is 2.11. The molecule has 4 nitrogen and oxygen atoms in total. The van der Waals surface area contributed by atoms with Gasteiger partial charge in [-0.3, -0.25) is 0 Å². The van der Waals surface area contributed by atoms with Gasteiger partial charge in [-0.2, -0.15) is 0 Å². The van der Waals surface area contributed by atoms with E-state index in [0.29, 0.717) is 0 Å². The van der Waals surface area contributed by atoms with Gasteiger partial charge >= 0.3 is 5.97 Å². The van der Waals surface area contributed by atoms with Crippen molar-refractivity contribution in [2.75, 3.05) is 0 Å². The maximum atomic E-state index is 11.1. The van der Waals surface area contributed by atoms with Gasteiger partial charge in [0, 0.05) is 13.0 Å². The Labute approximate surface area is 122 Å². The summed E-state index contributed by atoms with van der Waals surface area (Å²) in [5.74, 6) is 0.149. The molecule has 0 fully saturated rings. The number of imidazole rings is 1. The molecule has 0 bridgehead atoms. The van der Waals surface area contributed by atoms with Crippen LogP contribution >= 0.6 is 0 Å². The summed E-state index contributed by atoms with van der Waals surface area (Å²) in [6.07, 6.45) is 0. The highest BCUT2D eigenvalue weighted by atomic mass is 16.4. The number of nitrogens with zero attached hydrogens (tertiary/aromatic N) is 2. The van der Waals surface area contributed by atoms with Crippen molar-refractivity contribution >= 4 is 17.0 Å². The van der Waals surface area contributed by atoms with Crippen LogP contribution in [0.15, 0.2) is 48.5 Å². The van der Waals surface area contributed by atoms with Gasteiger partial charge in [-0.25, -0.2) is 9.78 Å². The molecule has 21 heavy (non-hydrogen) atoms. The van der Waals surface area contributed by atoms with Gasteiger partial charge in [-0.15, -0.1) is 0 Å². The zero-order valence-electron chi connectivity index (χ0n) is 11.9. The molecule has 1 aromatic heterocycles. The summed E-state index contributed by atoms with van der Waals surface area (Å²) in [7, 11) is 1.96. The number of benzene rings is 2. The number of carboxylic acid groups (broad SMARTS) is 1. The molecule has 0 aliphatic rings. The number of aromatic carboxylic acids is 1. The Morgan fingerprint density at radius 2 is 1.90 bits per heavy atom. The summed E-state index contributed by atoms with van der Waals surface area (Å²) < 4.78 is 2.03. The lowest BCUT2D eigenvalue weighted by molar-refractivity contribution is 0.0697. The molecule has 1 heterocycles. The number of hydrogen-bond donors (Lipinski definition) is 1. The molecule has 0 amide bonds. The minimum Gasteiger partial charge on any atom is -0.478 e. The second kappa shape index (κ2) is 5.05. The average Bonchev–Trinajstić information content (AvgIpc) is 2.84. The maximum absolute atomic E-state index is 11.1. The summed E-state index contributed by atoms with van der Waals surface area (Å²) in [6.45, 7) is 2.11. The van der Waals surface area contributed by atoms with Gasteiger partial charge in [-0.05, 0) is 23.8 Å². The van der Waals surface area contributed by atoms with Crippen LogP contribution in [0.25, 0.3) is 11.0 Å². The van der Waals surface area contributed by atoms with Crippen molar-refractivity contribution in [3.8, 4) is 0 Å². The van der Waals surface area contributed by atoms with Gasteiger partial charge in [0.15, 0.2) is 0 Å². The van der Waals surface area contributed by atoms with Crippen LogP contribution < -0.4 is 0 Å². The largest absolute Gasteiger partial charge is 0.478 e. The number of fused-ring (bicyclic) bond motifs is 1. The minimum atomic E-state index is -0.930. The van der Waals surface area contributed by atoms with Crippen LogP contribution in [0.3, 0.4) is 0 Å². The molecule has 1 unspecified atom stereocenters. The first-order valence-corrected chi connectivity index (χ1v) is 6.82. The lowest BCUT2D eigenvalue weighted by Gasteiger charge is -2.11. The van der Waals surface area contributed by atoms with E-state index >= 15 is 0 Å². The number of hydrogen-bond acceptors (Lipinski definition) is 2. The Hall–Kier alpha value is -2.62. The van der Waals surface area contributed by atoms with Crippen molar-refractivity contribution in [3.05, 3.63) is 65.5 Å². The van der Waals surface area contributed by atoms with Crippen molar-refractivity contribution < 1.29 is 9.90 Å². The van der Waals surface area contributed by atoms with E-state index in [-0.39, 0.29) is 11.5 Å². The summed E-state index contributed by atoms with van der Waals surface area (Å²) in [5, 5.41) is 9.07. The molecule has 0 radical (unpaired) electrons. The van der Waals surface area contributed by atoms with Gasteiger partial charge in [0.2, 0.25) is 0 Å². The fraction of sp³-hybridized carbons (Fsp3) is 0.176. The van der Waals surface area contributed by atoms with E-state index in [1.165, 1.54) is 5.56 Å². The molecule has 0 aliphatic heterocycles. The summed E-state index contributed by atoms with van der Waals surface area (Å²) in [5.41, 5.74) is 3.11. The number of aryl methyl sites for hydroxylation is 1. The summed E-state index contributed by atoms with van der Waals surface area (Å²) in [4.78, 5) is 15.7. The van der Waals surface area contributed by atoms with E-state index in [1.54, 1.807) is 12.1 Å². The molecule has 0 aliphatic carbocycles. The smallest absolute Gasteiger partial charge is 0.335 e. The zero-order valence-corrected chi connectivity index (χ0v) is 11.9. The second-order valence-corrected chi connectivity index (χ2v) is 5.17. The van der Waals surface area contributed by atoms with Gasteiger partial charge in [-0.1, -0.05) is 37.3 Å². The monoisotopic (exact) mass is 280 g/mol. The first-order valence-electron chi connectivity index (χ1n) is 6.82. The molecule has 3 aromatic rings. The van der Waals surface area contributed by atoms with Crippen molar-refractivity contribution in [2.24, 2.45) is 7.05 Å². The number of rotatable bonds is 3. The van der Waals surface area contributed by atoms with Crippen molar-refractivity contribution in [1.29, 1.82) is 0 Å². The molecule has 106 valence electrons. The van der Waals surface area contributed by atoms with Crippen LogP contribution in [-0.2, 0) is 7.05 Å². The van der Waals surface area contributed by atoms with E-state index < -0.39 is 5.97 Å². The Bertz CT molecular complexity index is 806. The fourth-order valence-corrected chi connectivity index (χ4v) is 2.63. The minimum absolute atomic E-state index is 0.150. The van der Waals surface area contributed by atoms with Crippen LogP contribution in [0.2, 0.25) is 0 Å². The molecule has 0 spiro atoms. The predicted molar refractivity (Wildman–Crippen MR) is 81.6 cm³/mol. The Morgan fingerprint density at radius 3 is 2.57 bits per heavy atom. The molecule has 0 saturated carbocycles. The summed E-state index contributed by atoms with van der Waals surface area (Å²) in [6, 6.07) is 15.2. The third kappa shape index (κ3) is 2.29. The Morgan fingerprint density at radius 1 is 1.19 bits per heavy atom. The van der Waals surface area contributed by atoms with Crippen LogP contribution in [0.5, 0.6) is 0 Å². The molecule has 2 aromatic carbocycles. The predicted octanol–water partition coefficient (Wildman–Crippen LogP) is 3.42. The van der Waals surface area contributed by atoms with Crippen LogP contribution in [0.4, 0.5) is 0 Å². The van der Waals surface area contributed by atoms with Crippen LogP contribution in [0, 0.1) is 0 Å². The highest BCUT2D eigenvalue weighted by Crippen LogP contribution is 2.26. The van der Waals surface area contributed by atoms with E-state index in [1.807, 2.05) is 35.9 Å². The highest BCUT2D eigenvalue weighted by Gasteiger charge is 2.17. The molecule has 3 rings (SSSR count). The lowest BCUT2D eigenvalue weighted by atomic mass is 10.0. The third-order valence-corrected chi connectivity index (χ3v) is 3.85. The molecule has 1 N–H and O–H groups in total. The third-order valence-electron chi connectivity index (χ3n) is 3.85. The fourth-order valence-electron chi connectivity index (χ4n) is 2.63. The number of carbonyl (C=O) groups is 1. The Kier molecular flexibility index (Phi) is 3.22. The normalized spacial score (nSPS) is 12.5. The van der Waals surface area contributed by atoms with Crippen molar-refractivity contribution in [1.82, 2.24) is 9.55 Å². The lowest BCUT2D eigenvalue weighted by Crippen LogP contribution is -2.04. The first kappa shape index (κ1) is 13.4. The quantitative estimate of drug-likeness (QED) is 0.799. The molecule has 4 heteroatoms. The topological polar surface area (TPSA) is 55.1 Å². The maximum Gasteiger partial charge on any atom is 0.335 e. The van der Waals surface area contributed by atoms with Crippen molar-refractivity contribution in [2.45, 2.75) is 12.8 Å². The van der Waals surface area contributed by atoms with Gasteiger partial charge in [0.05, 0.1) is 16.6 Å². The average molecular weight is 280 g/mol. The first-order chi connectivity index (χ1) is 10.1. The number of aromatic nitrogens is 2. The van der Waals surface area contributed by atoms with E-state index in [0.717, 1.165) is 16.9 Å². The second-order valence-electron chi connectivity index (χ2n) is 5.17. The zero-order chi connectivity index (χ0) is 15.0.